The summed E-state index contributed by atoms with van der Waals surface area (Å²) < 4.78 is 10.7. The number of nitrogens with two attached hydrogens (primary N) is 1. The van der Waals surface area contributed by atoms with Crippen molar-refractivity contribution in [1.82, 2.24) is 0 Å². The van der Waals surface area contributed by atoms with Crippen LogP contribution in [0.15, 0.2) is 18.2 Å². The van der Waals surface area contributed by atoms with Gasteiger partial charge in [-0.15, -0.1) is 0 Å². The van der Waals surface area contributed by atoms with Crippen LogP contribution in [0.2, 0.25) is 0 Å². The van der Waals surface area contributed by atoms with E-state index in [-0.39, 0.29) is 6.54 Å². The number of ether oxygens (including phenoxy) is 2. The second-order valence-corrected chi connectivity index (χ2v) is 3.67. The van der Waals surface area contributed by atoms with Gasteiger partial charge in [-0.3, -0.25) is 0 Å². The average molecular weight is 209 g/mol. The molecule has 0 aromatic heterocycles. The molecule has 0 radical (unpaired) electrons. The number of methoxy groups -OCH3 is 1. The molecule has 82 valence electrons. The third-order valence-electron chi connectivity index (χ3n) is 2.80. The maximum atomic E-state index is 10.3. The Kier molecular flexibility index (Phi) is 2.54. The van der Waals surface area contributed by atoms with E-state index in [1.54, 1.807) is 13.2 Å². The molecule has 1 aromatic rings. The number of rotatable bonds is 2. The van der Waals surface area contributed by atoms with Gasteiger partial charge in [-0.25, -0.2) is 0 Å². The first-order valence-electron chi connectivity index (χ1n) is 4.94. The van der Waals surface area contributed by atoms with Gasteiger partial charge in [-0.05, 0) is 6.07 Å². The van der Waals surface area contributed by atoms with Gasteiger partial charge in [0, 0.05) is 18.5 Å². The van der Waals surface area contributed by atoms with Crippen LogP contribution in [0, 0.1) is 0 Å². The Morgan fingerprint density at radius 1 is 1.60 bits per heavy atom. The molecule has 1 heterocycles. The van der Waals surface area contributed by atoms with Crippen LogP contribution in [-0.2, 0) is 5.60 Å². The van der Waals surface area contributed by atoms with Crippen LogP contribution in [0.4, 0.5) is 0 Å². The molecule has 1 aromatic carbocycles. The van der Waals surface area contributed by atoms with Crippen molar-refractivity contribution in [1.29, 1.82) is 0 Å². The summed E-state index contributed by atoms with van der Waals surface area (Å²) in [5.41, 5.74) is 5.33. The Balaban J connectivity index is 2.53. The van der Waals surface area contributed by atoms with Crippen molar-refractivity contribution < 1.29 is 14.6 Å². The van der Waals surface area contributed by atoms with Gasteiger partial charge < -0.3 is 20.3 Å². The minimum atomic E-state index is -0.984. The maximum Gasteiger partial charge on any atom is 0.167 e. The SMILES string of the molecule is COc1cccc2c1OCCC2(O)CN. The van der Waals surface area contributed by atoms with Crippen molar-refractivity contribution in [2.45, 2.75) is 12.0 Å². The van der Waals surface area contributed by atoms with Gasteiger partial charge >= 0.3 is 0 Å². The van der Waals surface area contributed by atoms with E-state index in [0.29, 0.717) is 24.5 Å². The van der Waals surface area contributed by atoms with E-state index >= 15 is 0 Å². The summed E-state index contributed by atoms with van der Waals surface area (Å²) >= 11 is 0. The van der Waals surface area contributed by atoms with Gasteiger partial charge in [0.15, 0.2) is 11.5 Å². The molecule has 0 fully saturated rings. The predicted molar refractivity (Wildman–Crippen MR) is 56.1 cm³/mol. The lowest BCUT2D eigenvalue weighted by molar-refractivity contribution is 0.00436. The van der Waals surface area contributed by atoms with Gasteiger partial charge in [-0.1, -0.05) is 12.1 Å². The van der Waals surface area contributed by atoms with Crippen LogP contribution in [-0.4, -0.2) is 25.4 Å². The monoisotopic (exact) mass is 209 g/mol. The number of para-hydroxylation sites is 1. The molecular weight excluding hydrogens is 194 g/mol. The van der Waals surface area contributed by atoms with Gasteiger partial charge in [0.25, 0.3) is 0 Å². The maximum absolute atomic E-state index is 10.3. The van der Waals surface area contributed by atoms with Crippen molar-refractivity contribution >= 4 is 0 Å². The lowest BCUT2D eigenvalue weighted by Gasteiger charge is -2.33. The average Bonchev–Trinajstić information content (AvgIpc) is 2.29. The third kappa shape index (κ3) is 1.56. The zero-order chi connectivity index (χ0) is 10.9. The summed E-state index contributed by atoms with van der Waals surface area (Å²) in [5, 5.41) is 10.3. The molecule has 0 amide bonds. The number of benzene rings is 1. The predicted octanol–water partition coefficient (Wildman–Crippen LogP) is 0.624. The molecule has 0 spiro atoms. The van der Waals surface area contributed by atoms with Crippen LogP contribution >= 0.6 is 0 Å². The summed E-state index contributed by atoms with van der Waals surface area (Å²) in [6.07, 6.45) is 0.518. The van der Waals surface area contributed by atoms with E-state index in [9.17, 15) is 5.11 Å². The van der Waals surface area contributed by atoms with Gasteiger partial charge in [0.1, 0.15) is 5.60 Å². The fourth-order valence-electron chi connectivity index (χ4n) is 1.86. The molecule has 1 aliphatic rings. The minimum absolute atomic E-state index is 0.191. The minimum Gasteiger partial charge on any atom is -0.493 e. The lowest BCUT2D eigenvalue weighted by Crippen LogP contribution is -2.39. The van der Waals surface area contributed by atoms with E-state index in [0.717, 1.165) is 5.56 Å². The number of fused-ring (bicyclic) bond motifs is 1. The van der Waals surface area contributed by atoms with Crippen LogP contribution in [0.25, 0.3) is 0 Å². The summed E-state index contributed by atoms with van der Waals surface area (Å²) in [4.78, 5) is 0. The lowest BCUT2D eigenvalue weighted by atomic mass is 9.88. The smallest absolute Gasteiger partial charge is 0.167 e. The van der Waals surface area contributed by atoms with E-state index in [2.05, 4.69) is 0 Å². The molecule has 1 atom stereocenters. The molecule has 0 saturated heterocycles. The van der Waals surface area contributed by atoms with Gasteiger partial charge in [0.2, 0.25) is 0 Å². The molecule has 0 saturated carbocycles. The second kappa shape index (κ2) is 3.72. The highest BCUT2D eigenvalue weighted by atomic mass is 16.5. The second-order valence-electron chi connectivity index (χ2n) is 3.67. The van der Waals surface area contributed by atoms with Crippen molar-refractivity contribution in [3.05, 3.63) is 23.8 Å². The third-order valence-corrected chi connectivity index (χ3v) is 2.80. The molecule has 15 heavy (non-hydrogen) atoms. The highest BCUT2D eigenvalue weighted by Crippen LogP contribution is 2.41. The molecule has 1 aliphatic heterocycles. The summed E-state index contributed by atoms with van der Waals surface area (Å²) in [6, 6.07) is 5.46. The number of hydrogen-bond donors (Lipinski definition) is 2. The first kappa shape index (κ1) is 10.3. The van der Waals surface area contributed by atoms with E-state index in [1.807, 2.05) is 12.1 Å². The fourth-order valence-corrected chi connectivity index (χ4v) is 1.86. The van der Waals surface area contributed by atoms with Gasteiger partial charge in [0.05, 0.1) is 13.7 Å². The highest BCUT2D eigenvalue weighted by Gasteiger charge is 2.35. The van der Waals surface area contributed by atoms with E-state index in [4.69, 9.17) is 15.2 Å². The first-order chi connectivity index (χ1) is 7.21. The molecule has 3 N–H and O–H groups in total. The van der Waals surface area contributed by atoms with Crippen molar-refractivity contribution in [3.8, 4) is 11.5 Å². The number of hydrogen-bond acceptors (Lipinski definition) is 4. The largest absolute Gasteiger partial charge is 0.493 e. The quantitative estimate of drug-likeness (QED) is 0.749. The van der Waals surface area contributed by atoms with Crippen molar-refractivity contribution in [2.24, 2.45) is 5.73 Å². The Hall–Kier alpha value is -1.26. The zero-order valence-electron chi connectivity index (χ0n) is 8.69. The van der Waals surface area contributed by atoms with Crippen LogP contribution in [0.5, 0.6) is 11.5 Å². The molecule has 4 heteroatoms. The van der Waals surface area contributed by atoms with E-state index in [1.165, 1.54) is 0 Å². The van der Waals surface area contributed by atoms with Crippen LogP contribution in [0.3, 0.4) is 0 Å². The molecule has 0 aliphatic carbocycles. The standard InChI is InChI=1S/C11H15NO3/c1-14-9-4-2-3-8-10(9)15-6-5-11(8,13)7-12/h2-4,13H,5-7,12H2,1H3. The van der Waals surface area contributed by atoms with Crippen LogP contribution in [0.1, 0.15) is 12.0 Å². The molecule has 1 unspecified atom stereocenters. The Morgan fingerprint density at radius 3 is 3.07 bits per heavy atom. The Labute approximate surface area is 88.6 Å². The summed E-state index contributed by atoms with van der Waals surface area (Å²) in [5.74, 6) is 1.25. The normalized spacial score (nSPS) is 24.2. The topological polar surface area (TPSA) is 64.7 Å². The number of aliphatic hydroxyl groups is 1. The summed E-state index contributed by atoms with van der Waals surface area (Å²) in [7, 11) is 1.58. The van der Waals surface area contributed by atoms with Crippen molar-refractivity contribution in [3.63, 3.8) is 0 Å². The van der Waals surface area contributed by atoms with Crippen LogP contribution < -0.4 is 15.2 Å². The first-order valence-corrected chi connectivity index (χ1v) is 4.94. The molecule has 2 rings (SSSR count). The fraction of sp³-hybridized carbons (Fsp3) is 0.455. The zero-order valence-corrected chi connectivity index (χ0v) is 8.69. The summed E-state index contributed by atoms with van der Waals surface area (Å²) in [6.45, 7) is 0.650. The molecule has 4 nitrogen and oxygen atoms in total. The molecular formula is C11H15NO3. The Morgan fingerprint density at radius 2 is 2.40 bits per heavy atom. The highest BCUT2D eigenvalue weighted by molar-refractivity contribution is 5.50. The Bertz CT molecular complexity index is 367. The van der Waals surface area contributed by atoms with Crippen molar-refractivity contribution in [2.75, 3.05) is 20.3 Å². The van der Waals surface area contributed by atoms with E-state index < -0.39 is 5.60 Å². The van der Waals surface area contributed by atoms with Gasteiger partial charge in [-0.2, -0.15) is 0 Å². The molecule has 0 bridgehead atoms.